The molecule has 0 spiro atoms. The van der Waals surface area contributed by atoms with Crippen LogP contribution in [-0.2, 0) is 0 Å². The number of nitrogens with zero attached hydrogens (tertiary/aromatic N) is 2. The van der Waals surface area contributed by atoms with Crippen molar-refractivity contribution >= 4 is 11.6 Å². The van der Waals surface area contributed by atoms with Crippen molar-refractivity contribution in [2.24, 2.45) is 11.8 Å². The SMILES string of the molecule is CCNc1cc(NCC(C)C2CC2)nc(C2CC2)n1. The molecule has 2 aliphatic carbocycles. The van der Waals surface area contributed by atoms with Gasteiger partial charge in [0, 0.05) is 25.1 Å². The second kappa shape index (κ2) is 5.35. The summed E-state index contributed by atoms with van der Waals surface area (Å²) < 4.78 is 0. The molecule has 0 aromatic carbocycles. The maximum atomic E-state index is 4.67. The maximum absolute atomic E-state index is 4.67. The van der Waals surface area contributed by atoms with E-state index in [2.05, 4.69) is 34.4 Å². The molecular formula is C15H24N4. The Hall–Kier alpha value is -1.32. The number of nitrogens with one attached hydrogen (secondary N) is 2. The van der Waals surface area contributed by atoms with Crippen LogP contribution >= 0.6 is 0 Å². The van der Waals surface area contributed by atoms with Crippen molar-refractivity contribution in [2.75, 3.05) is 23.7 Å². The lowest BCUT2D eigenvalue weighted by Gasteiger charge is -2.14. The summed E-state index contributed by atoms with van der Waals surface area (Å²) >= 11 is 0. The zero-order valence-electron chi connectivity index (χ0n) is 11.9. The fourth-order valence-electron chi connectivity index (χ4n) is 2.45. The highest BCUT2D eigenvalue weighted by Crippen LogP contribution is 2.39. The Morgan fingerprint density at radius 2 is 1.84 bits per heavy atom. The average molecular weight is 260 g/mol. The van der Waals surface area contributed by atoms with E-state index in [1.807, 2.05) is 6.07 Å². The van der Waals surface area contributed by atoms with Crippen LogP contribution in [0.25, 0.3) is 0 Å². The van der Waals surface area contributed by atoms with Gasteiger partial charge in [-0.05, 0) is 44.4 Å². The summed E-state index contributed by atoms with van der Waals surface area (Å²) in [5, 5.41) is 6.80. The maximum Gasteiger partial charge on any atom is 0.136 e. The second-order valence-electron chi connectivity index (χ2n) is 6.00. The third-order valence-corrected chi connectivity index (χ3v) is 4.08. The average Bonchev–Trinajstić information content (AvgIpc) is 3.29. The van der Waals surface area contributed by atoms with Crippen molar-refractivity contribution < 1.29 is 0 Å². The summed E-state index contributed by atoms with van der Waals surface area (Å²) in [6.07, 6.45) is 5.30. The molecule has 2 saturated carbocycles. The molecule has 4 heteroatoms. The highest BCUT2D eigenvalue weighted by Gasteiger charge is 2.29. The van der Waals surface area contributed by atoms with Crippen LogP contribution in [0.15, 0.2) is 6.07 Å². The third kappa shape index (κ3) is 3.37. The standard InChI is InChI=1S/C15H24N4/c1-3-16-13-8-14(17-9-10(2)11-4-5-11)19-15(18-13)12-6-7-12/h8,10-12H,3-7,9H2,1-2H3,(H2,16,17,18,19). The minimum Gasteiger partial charge on any atom is -0.370 e. The van der Waals surface area contributed by atoms with Crippen molar-refractivity contribution in [1.82, 2.24) is 9.97 Å². The zero-order valence-corrected chi connectivity index (χ0v) is 11.9. The van der Waals surface area contributed by atoms with Crippen LogP contribution in [0.1, 0.15) is 51.3 Å². The highest BCUT2D eigenvalue weighted by atomic mass is 15.1. The van der Waals surface area contributed by atoms with E-state index in [0.29, 0.717) is 5.92 Å². The van der Waals surface area contributed by atoms with Crippen molar-refractivity contribution in [3.05, 3.63) is 11.9 Å². The van der Waals surface area contributed by atoms with Gasteiger partial charge in [-0.2, -0.15) is 0 Å². The molecule has 0 bridgehead atoms. The van der Waals surface area contributed by atoms with Gasteiger partial charge in [0.25, 0.3) is 0 Å². The molecule has 1 unspecified atom stereocenters. The number of aromatic nitrogens is 2. The van der Waals surface area contributed by atoms with E-state index < -0.39 is 0 Å². The normalized spacial score (nSPS) is 20.1. The van der Waals surface area contributed by atoms with E-state index in [1.54, 1.807) is 0 Å². The number of hydrogen-bond acceptors (Lipinski definition) is 4. The van der Waals surface area contributed by atoms with E-state index in [-0.39, 0.29) is 0 Å². The topological polar surface area (TPSA) is 49.8 Å². The Morgan fingerprint density at radius 1 is 1.16 bits per heavy atom. The van der Waals surface area contributed by atoms with E-state index >= 15 is 0 Å². The van der Waals surface area contributed by atoms with Gasteiger partial charge in [0.1, 0.15) is 17.5 Å². The second-order valence-corrected chi connectivity index (χ2v) is 6.00. The summed E-state index contributed by atoms with van der Waals surface area (Å²) in [7, 11) is 0. The summed E-state index contributed by atoms with van der Waals surface area (Å²) in [5.41, 5.74) is 0. The number of hydrogen-bond donors (Lipinski definition) is 2. The Labute approximate surface area is 115 Å². The van der Waals surface area contributed by atoms with Crippen LogP contribution in [0.3, 0.4) is 0 Å². The minimum atomic E-state index is 0.597. The summed E-state index contributed by atoms with van der Waals surface area (Å²) in [6.45, 7) is 6.36. The van der Waals surface area contributed by atoms with Crippen LogP contribution in [0.2, 0.25) is 0 Å². The van der Waals surface area contributed by atoms with Crippen LogP contribution in [0.5, 0.6) is 0 Å². The smallest absolute Gasteiger partial charge is 0.136 e. The fraction of sp³-hybridized carbons (Fsp3) is 0.733. The van der Waals surface area contributed by atoms with Gasteiger partial charge in [0.15, 0.2) is 0 Å². The molecule has 3 rings (SSSR count). The first-order valence-electron chi connectivity index (χ1n) is 7.63. The van der Waals surface area contributed by atoms with E-state index in [1.165, 1.54) is 25.7 Å². The van der Waals surface area contributed by atoms with E-state index in [0.717, 1.165) is 42.4 Å². The first kappa shape index (κ1) is 12.7. The molecule has 0 amide bonds. The monoisotopic (exact) mass is 260 g/mol. The molecule has 19 heavy (non-hydrogen) atoms. The number of rotatable bonds is 7. The molecule has 0 radical (unpaired) electrons. The zero-order chi connectivity index (χ0) is 13.2. The molecule has 104 valence electrons. The molecule has 0 aliphatic heterocycles. The molecule has 4 nitrogen and oxygen atoms in total. The van der Waals surface area contributed by atoms with Crippen LogP contribution in [-0.4, -0.2) is 23.1 Å². The Morgan fingerprint density at radius 3 is 2.42 bits per heavy atom. The molecule has 2 N–H and O–H groups in total. The highest BCUT2D eigenvalue weighted by molar-refractivity contribution is 5.48. The largest absolute Gasteiger partial charge is 0.370 e. The third-order valence-electron chi connectivity index (χ3n) is 4.08. The van der Waals surface area contributed by atoms with Gasteiger partial charge in [-0.25, -0.2) is 9.97 Å². The van der Waals surface area contributed by atoms with Gasteiger partial charge >= 0.3 is 0 Å². The lowest BCUT2D eigenvalue weighted by molar-refractivity contribution is 0.535. The Kier molecular flexibility index (Phi) is 3.58. The molecule has 2 fully saturated rings. The van der Waals surface area contributed by atoms with Crippen molar-refractivity contribution in [3.63, 3.8) is 0 Å². The first-order valence-corrected chi connectivity index (χ1v) is 7.63. The molecular weight excluding hydrogens is 236 g/mol. The van der Waals surface area contributed by atoms with Gasteiger partial charge in [0.05, 0.1) is 0 Å². The minimum absolute atomic E-state index is 0.597. The Bertz CT molecular complexity index is 438. The van der Waals surface area contributed by atoms with E-state index in [9.17, 15) is 0 Å². The quantitative estimate of drug-likeness (QED) is 0.790. The van der Waals surface area contributed by atoms with Crippen molar-refractivity contribution in [3.8, 4) is 0 Å². The molecule has 1 aromatic heterocycles. The predicted octanol–water partition coefficient (Wildman–Crippen LogP) is 3.24. The van der Waals surface area contributed by atoms with Gasteiger partial charge in [-0.3, -0.25) is 0 Å². The van der Waals surface area contributed by atoms with E-state index in [4.69, 9.17) is 0 Å². The summed E-state index contributed by atoms with van der Waals surface area (Å²) in [6, 6.07) is 2.04. The predicted molar refractivity (Wildman–Crippen MR) is 78.5 cm³/mol. The van der Waals surface area contributed by atoms with Gasteiger partial charge in [-0.1, -0.05) is 6.92 Å². The lowest BCUT2D eigenvalue weighted by Crippen LogP contribution is -2.15. The molecule has 2 aliphatic rings. The van der Waals surface area contributed by atoms with Crippen LogP contribution in [0.4, 0.5) is 11.6 Å². The van der Waals surface area contributed by atoms with Crippen molar-refractivity contribution in [1.29, 1.82) is 0 Å². The van der Waals surface area contributed by atoms with Gasteiger partial charge in [0.2, 0.25) is 0 Å². The van der Waals surface area contributed by atoms with Gasteiger partial charge < -0.3 is 10.6 Å². The fourth-order valence-corrected chi connectivity index (χ4v) is 2.45. The summed E-state index contributed by atoms with van der Waals surface area (Å²) in [4.78, 5) is 9.26. The first-order chi connectivity index (χ1) is 9.26. The summed E-state index contributed by atoms with van der Waals surface area (Å²) in [5.74, 6) is 5.24. The molecule has 1 heterocycles. The van der Waals surface area contributed by atoms with Crippen molar-refractivity contribution in [2.45, 2.75) is 45.4 Å². The number of anilines is 2. The van der Waals surface area contributed by atoms with Crippen LogP contribution < -0.4 is 10.6 Å². The molecule has 1 aromatic rings. The lowest BCUT2D eigenvalue weighted by atomic mass is 10.1. The molecule has 1 atom stereocenters. The van der Waals surface area contributed by atoms with Gasteiger partial charge in [-0.15, -0.1) is 0 Å². The molecule has 0 saturated heterocycles. The Balaban J connectivity index is 1.67. The van der Waals surface area contributed by atoms with Crippen LogP contribution in [0, 0.1) is 11.8 Å².